The maximum atomic E-state index is 13.5. The molecule has 2 amide bonds. The van der Waals surface area contributed by atoms with Crippen molar-refractivity contribution in [3.63, 3.8) is 0 Å². The standard InChI is InChI=1S/C26H34N2O6/c1-24(2)16-8-9-25(24,3)20(14-16)34-22(32)17-5-4-12-28(17)23(33)26(10-11-26)27-21(31)15-6-7-18(29)19(30)13-15/h6-7,13,16-17,20,29-30H,4-5,8-12,14H2,1-3H3,(H,27,31). The number of nitrogens with zero attached hydrogens (tertiary/aromatic N) is 1. The van der Waals surface area contributed by atoms with Crippen LogP contribution in [0.2, 0.25) is 0 Å². The van der Waals surface area contributed by atoms with Crippen LogP contribution in [0.25, 0.3) is 0 Å². The van der Waals surface area contributed by atoms with Crippen molar-refractivity contribution in [3.8, 4) is 11.5 Å². The number of benzene rings is 1. The van der Waals surface area contributed by atoms with Gasteiger partial charge in [0.2, 0.25) is 5.91 Å². The van der Waals surface area contributed by atoms with E-state index in [1.807, 2.05) is 0 Å². The lowest BCUT2D eigenvalue weighted by Crippen LogP contribution is -2.54. The van der Waals surface area contributed by atoms with E-state index in [2.05, 4.69) is 26.1 Å². The SMILES string of the molecule is CC1(C)C2CCC1(C)C(OC(=O)C1CCCN1C(=O)C1(NC(=O)c3ccc(O)c(O)c3)CC1)C2. The van der Waals surface area contributed by atoms with E-state index in [4.69, 9.17) is 4.74 Å². The van der Waals surface area contributed by atoms with E-state index in [1.165, 1.54) is 24.6 Å². The number of carbonyl (C=O) groups excluding carboxylic acids is 3. The molecule has 4 atom stereocenters. The van der Waals surface area contributed by atoms with Gasteiger partial charge in [0.15, 0.2) is 11.5 Å². The van der Waals surface area contributed by atoms with E-state index < -0.39 is 23.2 Å². The largest absolute Gasteiger partial charge is 0.504 e. The second-order valence-electron chi connectivity index (χ2n) is 11.4. The van der Waals surface area contributed by atoms with Crippen LogP contribution < -0.4 is 5.32 Å². The van der Waals surface area contributed by atoms with Crippen molar-refractivity contribution in [2.45, 2.75) is 83.4 Å². The molecule has 4 unspecified atom stereocenters. The van der Waals surface area contributed by atoms with E-state index in [9.17, 15) is 24.6 Å². The molecule has 3 saturated carbocycles. The summed E-state index contributed by atoms with van der Waals surface area (Å²) in [4.78, 5) is 41.0. The Labute approximate surface area is 199 Å². The lowest BCUT2D eigenvalue weighted by molar-refractivity contribution is -0.165. The lowest BCUT2D eigenvalue weighted by Gasteiger charge is -2.39. The fraction of sp³-hybridized carbons (Fsp3) is 0.654. The number of nitrogens with one attached hydrogen (secondary N) is 1. The number of phenolic OH excluding ortho intramolecular Hbond substituents is 2. The summed E-state index contributed by atoms with van der Waals surface area (Å²) in [5.74, 6) is -1.24. The van der Waals surface area contributed by atoms with Gasteiger partial charge >= 0.3 is 5.97 Å². The molecule has 8 nitrogen and oxygen atoms in total. The molecule has 0 radical (unpaired) electrons. The number of esters is 1. The van der Waals surface area contributed by atoms with Crippen LogP contribution in [-0.4, -0.2) is 57.1 Å². The fourth-order valence-electron chi connectivity index (χ4n) is 6.53. The van der Waals surface area contributed by atoms with Crippen LogP contribution in [0.5, 0.6) is 11.5 Å². The number of carbonyl (C=O) groups is 3. The molecule has 1 aromatic carbocycles. The third kappa shape index (κ3) is 3.36. The molecule has 3 N–H and O–H groups in total. The molecule has 1 heterocycles. The van der Waals surface area contributed by atoms with Gasteiger partial charge in [0, 0.05) is 17.5 Å². The molecular formula is C26H34N2O6. The Balaban J connectivity index is 1.26. The van der Waals surface area contributed by atoms with Crippen molar-refractivity contribution in [1.82, 2.24) is 10.2 Å². The van der Waals surface area contributed by atoms with Gasteiger partial charge in [-0.2, -0.15) is 0 Å². The molecular weight excluding hydrogens is 436 g/mol. The molecule has 5 rings (SSSR count). The molecule has 4 aliphatic rings. The first-order valence-corrected chi connectivity index (χ1v) is 12.3. The predicted octanol–water partition coefficient (Wildman–Crippen LogP) is 3.11. The second kappa shape index (κ2) is 7.62. The quantitative estimate of drug-likeness (QED) is 0.450. The highest BCUT2D eigenvalue weighted by atomic mass is 16.5. The number of aromatic hydroxyl groups is 2. The molecule has 184 valence electrons. The third-order valence-corrected chi connectivity index (χ3v) is 9.51. The fourth-order valence-corrected chi connectivity index (χ4v) is 6.53. The van der Waals surface area contributed by atoms with Crippen LogP contribution in [0, 0.1) is 16.7 Å². The minimum absolute atomic E-state index is 0.0395. The smallest absolute Gasteiger partial charge is 0.329 e. The van der Waals surface area contributed by atoms with E-state index in [0.29, 0.717) is 31.7 Å². The zero-order chi connectivity index (χ0) is 24.5. The minimum Gasteiger partial charge on any atom is -0.504 e. The summed E-state index contributed by atoms with van der Waals surface area (Å²) >= 11 is 0. The van der Waals surface area contributed by atoms with Gasteiger partial charge in [-0.3, -0.25) is 9.59 Å². The number of hydrogen-bond acceptors (Lipinski definition) is 6. The van der Waals surface area contributed by atoms with Gasteiger partial charge in [-0.05, 0) is 74.5 Å². The molecule has 1 saturated heterocycles. The summed E-state index contributed by atoms with van der Waals surface area (Å²) < 4.78 is 6.08. The summed E-state index contributed by atoms with van der Waals surface area (Å²) in [6.07, 6.45) is 5.27. The number of rotatable bonds is 5. The number of fused-ring (bicyclic) bond motifs is 2. The number of amides is 2. The summed E-state index contributed by atoms with van der Waals surface area (Å²) in [5, 5.41) is 22.0. The average Bonchev–Trinajstić information content (AvgIpc) is 3.26. The van der Waals surface area contributed by atoms with Crippen molar-refractivity contribution in [1.29, 1.82) is 0 Å². The molecule has 2 bridgehead atoms. The van der Waals surface area contributed by atoms with E-state index in [0.717, 1.165) is 19.3 Å². The molecule has 4 fully saturated rings. The highest BCUT2D eigenvalue weighted by molar-refractivity contribution is 6.02. The van der Waals surface area contributed by atoms with E-state index in [-0.39, 0.29) is 40.1 Å². The predicted molar refractivity (Wildman–Crippen MR) is 123 cm³/mol. The van der Waals surface area contributed by atoms with Crippen LogP contribution in [0.4, 0.5) is 0 Å². The van der Waals surface area contributed by atoms with Gasteiger partial charge in [-0.25, -0.2) is 4.79 Å². The first-order valence-electron chi connectivity index (χ1n) is 12.3. The molecule has 34 heavy (non-hydrogen) atoms. The first-order chi connectivity index (χ1) is 16.0. The summed E-state index contributed by atoms with van der Waals surface area (Å²) in [5.41, 5.74) is -0.789. The van der Waals surface area contributed by atoms with Crippen molar-refractivity contribution in [2.24, 2.45) is 16.7 Å². The minimum atomic E-state index is -1.03. The zero-order valence-electron chi connectivity index (χ0n) is 20.1. The van der Waals surface area contributed by atoms with E-state index in [1.54, 1.807) is 4.90 Å². The molecule has 1 aromatic rings. The average molecular weight is 471 g/mol. The maximum Gasteiger partial charge on any atom is 0.329 e. The topological polar surface area (TPSA) is 116 Å². The highest BCUT2D eigenvalue weighted by Crippen LogP contribution is 2.66. The molecule has 8 heteroatoms. The van der Waals surface area contributed by atoms with Gasteiger partial charge in [-0.1, -0.05) is 20.8 Å². The Morgan fingerprint density at radius 1 is 1.06 bits per heavy atom. The van der Waals surface area contributed by atoms with Gasteiger partial charge in [0.25, 0.3) is 5.91 Å². The van der Waals surface area contributed by atoms with Crippen molar-refractivity contribution < 1.29 is 29.3 Å². The molecule has 1 aliphatic heterocycles. The Morgan fingerprint density at radius 3 is 2.38 bits per heavy atom. The Bertz CT molecular complexity index is 1050. The van der Waals surface area contributed by atoms with Crippen molar-refractivity contribution in [2.75, 3.05) is 6.54 Å². The Kier molecular flexibility index (Phi) is 5.15. The Hall–Kier alpha value is -2.77. The van der Waals surface area contributed by atoms with Crippen molar-refractivity contribution in [3.05, 3.63) is 23.8 Å². The van der Waals surface area contributed by atoms with Gasteiger partial charge in [0.05, 0.1) is 0 Å². The highest BCUT2D eigenvalue weighted by Gasteiger charge is 2.63. The van der Waals surface area contributed by atoms with Gasteiger partial charge in [0.1, 0.15) is 17.7 Å². The molecule has 0 spiro atoms. The number of hydrogen-bond donors (Lipinski definition) is 3. The molecule has 3 aliphatic carbocycles. The van der Waals surface area contributed by atoms with Crippen LogP contribution in [-0.2, 0) is 14.3 Å². The Morgan fingerprint density at radius 2 is 1.79 bits per heavy atom. The summed E-state index contributed by atoms with van der Waals surface area (Å²) in [6, 6.07) is 3.16. The number of likely N-dealkylation sites (tertiary alicyclic amines) is 1. The number of phenols is 2. The van der Waals surface area contributed by atoms with E-state index >= 15 is 0 Å². The number of ether oxygens (including phenoxy) is 1. The second-order valence-corrected chi connectivity index (χ2v) is 11.4. The van der Waals surface area contributed by atoms with Gasteiger partial charge < -0.3 is 25.2 Å². The lowest BCUT2D eigenvalue weighted by atomic mass is 9.70. The summed E-state index contributed by atoms with van der Waals surface area (Å²) in [6.45, 7) is 7.24. The van der Waals surface area contributed by atoms with Crippen LogP contribution in [0.3, 0.4) is 0 Å². The monoisotopic (exact) mass is 470 g/mol. The summed E-state index contributed by atoms with van der Waals surface area (Å²) in [7, 11) is 0. The van der Waals surface area contributed by atoms with Crippen LogP contribution >= 0.6 is 0 Å². The maximum absolute atomic E-state index is 13.5. The van der Waals surface area contributed by atoms with Crippen LogP contribution in [0.15, 0.2) is 18.2 Å². The van der Waals surface area contributed by atoms with Crippen LogP contribution in [0.1, 0.15) is 76.1 Å². The molecule has 0 aromatic heterocycles. The third-order valence-electron chi connectivity index (χ3n) is 9.51. The zero-order valence-corrected chi connectivity index (χ0v) is 20.1. The normalized spacial score (nSPS) is 32.4. The van der Waals surface area contributed by atoms with Crippen molar-refractivity contribution >= 4 is 17.8 Å². The van der Waals surface area contributed by atoms with Gasteiger partial charge in [-0.15, -0.1) is 0 Å². The first kappa shape index (κ1) is 23.0.